The zero-order valence-corrected chi connectivity index (χ0v) is 18.8. The molecule has 0 saturated carbocycles. The number of halogens is 1. The van der Waals surface area contributed by atoms with Crippen LogP contribution < -0.4 is 15.4 Å². The summed E-state index contributed by atoms with van der Waals surface area (Å²) in [5.74, 6) is 1.79. The largest absolute Gasteiger partial charge is 0.487 e. The second-order valence-electron chi connectivity index (χ2n) is 6.42. The Bertz CT molecular complexity index is 874. The van der Waals surface area contributed by atoms with Crippen LogP contribution in [0.4, 0.5) is 0 Å². The fourth-order valence-corrected chi connectivity index (χ4v) is 4.50. The van der Waals surface area contributed by atoms with E-state index in [-0.39, 0.29) is 41.5 Å². The van der Waals surface area contributed by atoms with Crippen molar-refractivity contribution in [2.45, 2.75) is 25.6 Å². The molecule has 1 fully saturated rings. The van der Waals surface area contributed by atoms with Crippen LogP contribution in [0.3, 0.4) is 0 Å². The van der Waals surface area contributed by atoms with Gasteiger partial charge < -0.3 is 15.4 Å². The molecule has 2 aromatic rings. The number of hydrogen-bond donors (Lipinski definition) is 2. The predicted molar refractivity (Wildman–Crippen MR) is 121 cm³/mol. The highest BCUT2D eigenvalue weighted by molar-refractivity contribution is 14.0. The van der Waals surface area contributed by atoms with Crippen LogP contribution in [0.15, 0.2) is 53.7 Å². The highest BCUT2D eigenvalue weighted by Gasteiger charge is 2.28. The van der Waals surface area contributed by atoms with E-state index in [1.54, 1.807) is 13.2 Å². The third-order valence-electron chi connectivity index (χ3n) is 4.29. The fraction of sp³-hybridized carbons (Fsp3) is 0.368. The highest BCUT2D eigenvalue weighted by Crippen LogP contribution is 2.14. The topological polar surface area (TPSA) is 92.7 Å². The molecule has 1 atom stereocenters. The number of sulfone groups is 1. The molecule has 3 rings (SSSR count). The minimum absolute atomic E-state index is 0. The summed E-state index contributed by atoms with van der Waals surface area (Å²) in [6.45, 7) is 1.01. The van der Waals surface area contributed by atoms with Crippen molar-refractivity contribution in [2.24, 2.45) is 4.99 Å². The van der Waals surface area contributed by atoms with Gasteiger partial charge in [-0.05, 0) is 36.2 Å². The number of aromatic nitrogens is 1. The van der Waals surface area contributed by atoms with Crippen LogP contribution in [0, 0.1) is 0 Å². The summed E-state index contributed by atoms with van der Waals surface area (Å²) in [7, 11) is -1.24. The first-order valence-electron chi connectivity index (χ1n) is 8.83. The summed E-state index contributed by atoms with van der Waals surface area (Å²) < 4.78 is 28.8. The molecule has 152 valence electrons. The van der Waals surface area contributed by atoms with Gasteiger partial charge in [0.2, 0.25) is 0 Å². The average molecular weight is 516 g/mol. The van der Waals surface area contributed by atoms with Crippen molar-refractivity contribution >= 4 is 39.8 Å². The summed E-state index contributed by atoms with van der Waals surface area (Å²) in [4.78, 5) is 8.39. The first-order valence-corrected chi connectivity index (χ1v) is 10.7. The third-order valence-corrected chi connectivity index (χ3v) is 6.06. The van der Waals surface area contributed by atoms with E-state index in [0.717, 1.165) is 17.0 Å². The Kier molecular flexibility index (Phi) is 8.49. The molecule has 1 aliphatic heterocycles. The SMILES string of the molecule is CN=C(NCc1ccc(OCc2ccccn2)cc1)NC1CCS(=O)(=O)C1.I. The van der Waals surface area contributed by atoms with Gasteiger partial charge in [-0.15, -0.1) is 24.0 Å². The van der Waals surface area contributed by atoms with E-state index >= 15 is 0 Å². The first-order chi connectivity index (χ1) is 13.0. The van der Waals surface area contributed by atoms with Crippen LogP contribution in [-0.4, -0.2) is 44.0 Å². The molecule has 0 radical (unpaired) electrons. The minimum Gasteiger partial charge on any atom is -0.487 e. The fourth-order valence-electron chi connectivity index (χ4n) is 2.83. The summed E-state index contributed by atoms with van der Waals surface area (Å²) in [5.41, 5.74) is 1.95. The molecule has 28 heavy (non-hydrogen) atoms. The normalized spacial score (nSPS) is 18.2. The molecule has 1 aliphatic rings. The molecule has 1 unspecified atom stereocenters. The van der Waals surface area contributed by atoms with Gasteiger partial charge in [-0.1, -0.05) is 18.2 Å². The van der Waals surface area contributed by atoms with Crippen molar-refractivity contribution in [1.82, 2.24) is 15.6 Å². The first kappa shape index (κ1) is 22.4. The van der Waals surface area contributed by atoms with Gasteiger partial charge in [0.05, 0.1) is 17.2 Å². The number of nitrogens with one attached hydrogen (secondary N) is 2. The van der Waals surface area contributed by atoms with Gasteiger partial charge >= 0.3 is 0 Å². The van der Waals surface area contributed by atoms with Crippen LogP contribution in [0.2, 0.25) is 0 Å². The number of benzene rings is 1. The highest BCUT2D eigenvalue weighted by atomic mass is 127. The van der Waals surface area contributed by atoms with E-state index in [9.17, 15) is 8.42 Å². The number of nitrogens with zero attached hydrogens (tertiary/aromatic N) is 2. The van der Waals surface area contributed by atoms with Gasteiger partial charge in [0.1, 0.15) is 12.4 Å². The second kappa shape index (κ2) is 10.6. The lowest BCUT2D eigenvalue weighted by Gasteiger charge is -2.16. The van der Waals surface area contributed by atoms with Crippen molar-refractivity contribution in [1.29, 1.82) is 0 Å². The Hall–Kier alpha value is -1.88. The van der Waals surface area contributed by atoms with Crippen LogP contribution in [0.1, 0.15) is 17.7 Å². The Morgan fingerprint density at radius 2 is 2.04 bits per heavy atom. The average Bonchev–Trinajstić information content (AvgIpc) is 3.03. The second-order valence-corrected chi connectivity index (χ2v) is 8.65. The lowest BCUT2D eigenvalue weighted by atomic mass is 10.2. The maximum absolute atomic E-state index is 11.5. The van der Waals surface area contributed by atoms with Crippen LogP contribution in [-0.2, 0) is 23.0 Å². The van der Waals surface area contributed by atoms with Crippen molar-refractivity contribution in [3.8, 4) is 5.75 Å². The van der Waals surface area contributed by atoms with E-state index in [0.29, 0.717) is 25.5 Å². The Balaban J connectivity index is 0.00000280. The Morgan fingerprint density at radius 1 is 1.25 bits per heavy atom. The third kappa shape index (κ3) is 6.93. The van der Waals surface area contributed by atoms with E-state index < -0.39 is 9.84 Å². The number of guanidine groups is 1. The maximum atomic E-state index is 11.5. The molecule has 0 aliphatic carbocycles. The number of hydrogen-bond acceptors (Lipinski definition) is 5. The lowest BCUT2D eigenvalue weighted by Crippen LogP contribution is -2.43. The summed E-state index contributed by atoms with van der Waals surface area (Å²) in [6.07, 6.45) is 2.36. The van der Waals surface area contributed by atoms with Crippen LogP contribution in [0.25, 0.3) is 0 Å². The number of ether oxygens (including phenoxy) is 1. The molecule has 2 heterocycles. The maximum Gasteiger partial charge on any atom is 0.191 e. The molecule has 2 N–H and O–H groups in total. The van der Waals surface area contributed by atoms with E-state index in [4.69, 9.17) is 4.74 Å². The van der Waals surface area contributed by atoms with E-state index in [1.165, 1.54) is 0 Å². The van der Waals surface area contributed by atoms with Gasteiger partial charge in [0.25, 0.3) is 0 Å². The summed E-state index contributed by atoms with van der Waals surface area (Å²) in [5, 5.41) is 6.38. The molecular formula is C19H25IN4O3S. The number of rotatable bonds is 6. The quantitative estimate of drug-likeness (QED) is 0.347. The number of pyridine rings is 1. The molecule has 0 bridgehead atoms. The van der Waals surface area contributed by atoms with Gasteiger partial charge in [0, 0.05) is 25.8 Å². The Labute approximate surface area is 182 Å². The van der Waals surface area contributed by atoms with Crippen molar-refractivity contribution in [2.75, 3.05) is 18.6 Å². The molecule has 1 aromatic heterocycles. The van der Waals surface area contributed by atoms with Crippen LogP contribution in [0.5, 0.6) is 5.75 Å². The van der Waals surface area contributed by atoms with E-state index in [2.05, 4.69) is 20.6 Å². The molecule has 9 heteroatoms. The lowest BCUT2D eigenvalue weighted by molar-refractivity contribution is 0.301. The standard InChI is InChI=1S/C19H24N4O3S.HI/c1-20-19(23-17-9-11-27(24,25)14-17)22-12-15-5-7-18(8-6-15)26-13-16-4-2-3-10-21-16;/h2-8,10,17H,9,11-14H2,1H3,(H2,20,22,23);1H. The van der Waals surface area contributed by atoms with Crippen molar-refractivity contribution < 1.29 is 13.2 Å². The van der Waals surface area contributed by atoms with Crippen molar-refractivity contribution in [3.05, 3.63) is 59.9 Å². The smallest absolute Gasteiger partial charge is 0.191 e. The number of aliphatic imine (C=N–C) groups is 1. The zero-order chi connectivity index (χ0) is 19.1. The monoisotopic (exact) mass is 516 g/mol. The minimum atomic E-state index is -2.91. The van der Waals surface area contributed by atoms with Gasteiger partial charge in [0.15, 0.2) is 15.8 Å². The molecular weight excluding hydrogens is 491 g/mol. The van der Waals surface area contributed by atoms with E-state index in [1.807, 2.05) is 42.5 Å². The zero-order valence-electron chi connectivity index (χ0n) is 15.7. The van der Waals surface area contributed by atoms with Crippen LogP contribution >= 0.6 is 24.0 Å². The van der Waals surface area contributed by atoms with Gasteiger partial charge in [-0.3, -0.25) is 9.98 Å². The van der Waals surface area contributed by atoms with Crippen molar-refractivity contribution in [3.63, 3.8) is 0 Å². The summed E-state index contributed by atoms with van der Waals surface area (Å²) >= 11 is 0. The molecule has 0 amide bonds. The summed E-state index contributed by atoms with van der Waals surface area (Å²) in [6, 6.07) is 13.4. The predicted octanol–water partition coefficient (Wildman–Crippen LogP) is 2.13. The Morgan fingerprint density at radius 3 is 2.64 bits per heavy atom. The van der Waals surface area contributed by atoms with Gasteiger partial charge in [-0.25, -0.2) is 8.42 Å². The van der Waals surface area contributed by atoms with Gasteiger partial charge in [-0.2, -0.15) is 0 Å². The molecule has 1 aromatic carbocycles. The molecule has 0 spiro atoms. The molecule has 1 saturated heterocycles. The molecule has 7 nitrogen and oxygen atoms in total.